The SMILES string of the molecule is CC1(C)C2Cc3ccccc3[C@]1(C)CCN2C(=O)C1CC2CCC1CC2. The Morgan fingerprint density at radius 2 is 1.81 bits per heavy atom. The van der Waals surface area contributed by atoms with Gasteiger partial charge in [0.1, 0.15) is 0 Å². The van der Waals surface area contributed by atoms with Crippen molar-refractivity contribution in [3.8, 4) is 0 Å². The van der Waals surface area contributed by atoms with Crippen LogP contribution in [0.15, 0.2) is 24.3 Å². The van der Waals surface area contributed by atoms with Crippen molar-refractivity contribution in [2.45, 2.75) is 77.2 Å². The van der Waals surface area contributed by atoms with E-state index in [2.05, 4.69) is 49.9 Å². The summed E-state index contributed by atoms with van der Waals surface area (Å²) in [5, 5.41) is 0. The molecule has 1 saturated heterocycles. The van der Waals surface area contributed by atoms with Crippen molar-refractivity contribution in [3.05, 3.63) is 35.4 Å². The normalized spacial score (nSPS) is 40.2. The van der Waals surface area contributed by atoms with Crippen LogP contribution in [0.5, 0.6) is 0 Å². The molecule has 6 rings (SSSR count). The molecule has 1 aromatic rings. The highest BCUT2D eigenvalue weighted by atomic mass is 16.2. The van der Waals surface area contributed by atoms with Crippen LogP contribution in [0.3, 0.4) is 0 Å². The Bertz CT molecular complexity index is 729. The number of piperidine rings is 1. The first kappa shape index (κ1) is 16.8. The molecule has 0 aromatic heterocycles. The number of benzene rings is 1. The molecular formula is C24H33NO. The third-order valence-corrected chi connectivity index (χ3v) is 9.16. The second-order valence-electron chi connectivity index (χ2n) is 10.3. The van der Waals surface area contributed by atoms with Gasteiger partial charge in [-0.15, -0.1) is 0 Å². The molecule has 0 spiro atoms. The molecule has 3 saturated carbocycles. The molecule has 1 amide bonds. The first-order valence-corrected chi connectivity index (χ1v) is 10.8. The van der Waals surface area contributed by atoms with Gasteiger partial charge in [-0.3, -0.25) is 4.79 Å². The Morgan fingerprint density at radius 1 is 1.08 bits per heavy atom. The van der Waals surface area contributed by atoms with Crippen molar-refractivity contribution >= 4 is 5.91 Å². The Balaban J connectivity index is 1.49. The molecule has 1 heterocycles. The van der Waals surface area contributed by atoms with Crippen molar-refractivity contribution in [1.82, 2.24) is 4.90 Å². The second kappa shape index (κ2) is 5.59. The lowest BCUT2D eigenvalue weighted by molar-refractivity contribution is -0.153. The van der Waals surface area contributed by atoms with Crippen LogP contribution in [0.2, 0.25) is 0 Å². The maximum Gasteiger partial charge on any atom is 0.226 e. The molecule has 1 aliphatic heterocycles. The van der Waals surface area contributed by atoms with Crippen molar-refractivity contribution in [3.63, 3.8) is 0 Å². The molecule has 4 fully saturated rings. The zero-order valence-corrected chi connectivity index (χ0v) is 16.6. The molecule has 26 heavy (non-hydrogen) atoms. The molecule has 2 unspecified atom stereocenters. The standard InChI is InChI=1S/C24H33NO/c1-23(2)21-15-18-6-4-5-7-20(18)24(23,3)12-13-25(21)22(26)19-14-16-8-10-17(19)11-9-16/h4-7,16-17,19,21H,8-15H2,1-3H3/t16?,17?,19?,21?,24-/m0/s1. The maximum absolute atomic E-state index is 13.7. The second-order valence-corrected chi connectivity index (χ2v) is 10.3. The Kier molecular flexibility index (Phi) is 3.62. The van der Waals surface area contributed by atoms with Crippen molar-refractivity contribution < 1.29 is 4.79 Å². The average Bonchev–Trinajstić information content (AvgIpc) is 2.65. The third-order valence-electron chi connectivity index (χ3n) is 9.16. The molecule has 2 heteroatoms. The van der Waals surface area contributed by atoms with E-state index in [-0.39, 0.29) is 10.8 Å². The third kappa shape index (κ3) is 2.14. The van der Waals surface area contributed by atoms with Gasteiger partial charge in [0, 0.05) is 23.9 Å². The van der Waals surface area contributed by atoms with Gasteiger partial charge in [-0.05, 0) is 60.5 Å². The van der Waals surface area contributed by atoms with E-state index in [0.717, 1.165) is 25.3 Å². The van der Waals surface area contributed by atoms with Crippen LogP contribution in [-0.2, 0) is 16.6 Å². The topological polar surface area (TPSA) is 20.3 Å². The number of fused-ring (bicyclic) bond motifs is 7. The minimum Gasteiger partial charge on any atom is -0.339 e. The number of likely N-dealkylation sites (tertiary alicyclic amines) is 1. The van der Waals surface area contributed by atoms with E-state index in [1.54, 1.807) is 0 Å². The largest absolute Gasteiger partial charge is 0.339 e. The van der Waals surface area contributed by atoms with Crippen LogP contribution in [0, 0.1) is 23.2 Å². The zero-order chi connectivity index (χ0) is 18.1. The fourth-order valence-corrected chi connectivity index (χ4v) is 7.03. The van der Waals surface area contributed by atoms with Gasteiger partial charge in [0.15, 0.2) is 0 Å². The fraction of sp³-hybridized carbons (Fsp3) is 0.708. The lowest BCUT2D eigenvalue weighted by atomic mass is 9.51. The quantitative estimate of drug-likeness (QED) is 0.701. The molecule has 4 aliphatic carbocycles. The number of carbonyl (C=O) groups is 1. The zero-order valence-electron chi connectivity index (χ0n) is 16.6. The van der Waals surface area contributed by atoms with E-state index >= 15 is 0 Å². The van der Waals surface area contributed by atoms with E-state index in [0.29, 0.717) is 23.8 Å². The molecule has 2 nitrogen and oxygen atoms in total. The average molecular weight is 352 g/mol. The minimum absolute atomic E-state index is 0.128. The Labute approximate surface area is 158 Å². The number of hydrogen-bond donors (Lipinski definition) is 0. The fourth-order valence-electron chi connectivity index (χ4n) is 7.03. The van der Waals surface area contributed by atoms with Gasteiger partial charge in [0.05, 0.1) is 0 Å². The van der Waals surface area contributed by atoms with E-state index in [1.807, 2.05) is 0 Å². The lowest BCUT2D eigenvalue weighted by Gasteiger charge is -2.61. The Morgan fingerprint density at radius 3 is 2.50 bits per heavy atom. The van der Waals surface area contributed by atoms with Gasteiger partial charge in [-0.1, -0.05) is 57.9 Å². The summed E-state index contributed by atoms with van der Waals surface area (Å²) in [7, 11) is 0. The van der Waals surface area contributed by atoms with E-state index in [9.17, 15) is 4.79 Å². The summed E-state index contributed by atoms with van der Waals surface area (Å²) >= 11 is 0. The predicted octanol–water partition coefficient (Wildman–Crippen LogP) is 4.95. The summed E-state index contributed by atoms with van der Waals surface area (Å²) in [4.78, 5) is 16.0. The number of rotatable bonds is 1. The highest BCUT2D eigenvalue weighted by Gasteiger charge is 2.57. The smallest absolute Gasteiger partial charge is 0.226 e. The van der Waals surface area contributed by atoms with Crippen LogP contribution < -0.4 is 0 Å². The van der Waals surface area contributed by atoms with E-state index in [4.69, 9.17) is 0 Å². The number of nitrogens with zero attached hydrogens (tertiary/aromatic N) is 1. The van der Waals surface area contributed by atoms with Crippen molar-refractivity contribution in [2.75, 3.05) is 6.54 Å². The highest BCUT2D eigenvalue weighted by molar-refractivity contribution is 5.80. The summed E-state index contributed by atoms with van der Waals surface area (Å²) in [6.07, 6.45) is 8.63. The molecule has 0 N–H and O–H groups in total. The van der Waals surface area contributed by atoms with Crippen LogP contribution in [0.1, 0.15) is 70.4 Å². The van der Waals surface area contributed by atoms with Crippen molar-refractivity contribution in [2.24, 2.45) is 23.2 Å². The number of carbonyl (C=O) groups excluding carboxylic acids is 1. The molecule has 5 aliphatic rings. The first-order valence-electron chi connectivity index (χ1n) is 10.8. The Hall–Kier alpha value is -1.31. The lowest BCUT2D eigenvalue weighted by Crippen LogP contribution is -2.66. The monoisotopic (exact) mass is 351 g/mol. The molecule has 1 aromatic carbocycles. The van der Waals surface area contributed by atoms with Crippen LogP contribution in [0.4, 0.5) is 0 Å². The molecule has 0 radical (unpaired) electrons. The summed E-state index contributed by atoms with van der Waals surface area (Å²) in [5.74, 6) is 2.31. The number of hydrogen-bond acceptors (Lipinski definition) is 1. The first-order chi connectivity index (χ1) is 12.4. The van der Waals surface area contributed by atoms with Gasteiger partial charge >= 0.3 is 0 Å². The van der Waals surface area contributed by atoms with E-state index in [1.165, 1.54) is 43.2 Å². The van der Waals surface area contributed by atoms with E-state index < -0.39 is 0 Å². The van der Waals surface area contributed by atoms with Crippen LogP contribution in [0.25, 0.3) is 0 Å². The van der Waals surface area contributed by atoms with Crippen molar-refractivity contribution in [1.29, 1.82) is 0 Å². The van der Waals surface area contributed by atoms with Crippen LogP contribution in [-0.4, -0.2) is 23.4 Å². The summed E-state index contributed by atoms with van der Waals surface area (Å²) in [6.45, 7) is 8.23. The molecule has 4 bridgehead atoms. The molecule has 140 valence electrons. The van der Waals surface area contributed by atoms with Crippen LogP contribution >= 0.6 is 0 Å². The summed E-state index contributed by atoms with van der Waals surface area (Å²) < 4.78 is 0. The van der Waals surface area contributed by atoms with Gasteiger partial charge in [-0.25, -0.2) is 0 Å². The van der Waals surface area contributed by atoms with Gasteiger partial charge in [0.2, 0.25) is 5.91 Å². The number of amides is 1. The molecular weight excluding hydrogens is 318 g/mol. The summed E-state index contributed by atoms with van der Waals surface area (Å²) in [5.41, 5.74) is 3.31. The highest BCUT2D eigenvalue weighted by Crippen LogP contribution is 2.56. The van der Waals surface area contributed by atoms with Gasteiger partial charge in [-0.2, -0.15) is 0 Å². The minimum atomic E-state index is 0.128. The van der Waals surface area contributed by atoms with Gasteiger partial charge in [0.25, 0.3) is 0 Å². The van der Waals surface area contributed by atoms with Gasteiger partial charge < -0.3 is 4.90 Å². The molecule has 3 atom stereocenters. The predicted molar refractivity (Wildman–Crippen MR) is 105 cm³/mol. The maximum atomic E-state index is 13.7. The summed E-state index contributed by atoms with van der Waals surface area (Å²) in [6, 6.07) is 9.35.